The van der Waals surface area contributed by atoms with E-state index >= 15 is 0 Å². The number of aromatic nitrogens is 1. The maximum Gasteiger partial charge on any atom is 0.203 e. The molecule has 0 unspecified atom stereocenters. The standard InChI is InChI=1S/C11H10FN3OS/c1-7-6-17-11(14-7)15-13-5-8-2-3-10(16)9(12)4-8/h2-6,16H,1H3,(H,14,15). The first kappa shape index (κ1) is 11.5. The molecule has 0 aliphatic carbocycles. The molecule has 0 spiro atoms. The number of nitrogens with one attached hydrogen (secondary N) is 1. The van der Waals surface area contributed by atoms with Gasteiger partial charge in [-0.15, -0.1) is 11.3 Å². The van der Waals surface area contributed by atoms with Gasteiger partial charge >= 0.3 is 0 Å². The van der Waals surface area contributed by atoms with Gasteiger partial charge in [-0.05, 0) is 30.7 Å². The van der Waals surface area contributed by atoms with Crippen molar-refractivity contribution in [1.29, 1.82) is 0 Å². The number of hydrogen-bond donors (Lipinski definition) is 2. The van der Waals surface area contributed by atoms with Crippen LogP contribution in [0.1, 0.15) is 11.3 Å². The Kier molecular flexibility index (Phi) is 3.34. The van der Waals surface area contributed by atoms with E-state index < -0.39 is 5.82 Å². The van der Waals surface area contributed by atoms with E-state index in [9.17, 15) is 4.39 Å². The molecule has 1 heterocycles. The molecule has 0 atom stereocenters. The van der Waals surface area contributed by atoms with Crippen molar-refractivity contribution >= 4 is 22.7 Å². The van der Waals surface area contributed by atoms with Gasteiger partial charge in [0.1, 0.15) is 0 Å². The summed E-state index contributed by atoms with van der Waals surface area (Å²) in [7, 11) is 0. The number of hydrogen-bond acceptors (Lipinski definition) is 5. The van der Waals surface area contributed by atoms with Crippen LogP contribution in [-0.4, -0.2) is 16.3 Å². The lowest BCUT2D eigenvalue weighted by molar-refractivity contribution is 0.432. The van der Waals surface area contributed by atoms with Crippen LogP contribution in [0.15, 0.2) is 28.7 Å². The van der Waals surface area contributed by atoms with Crippen LogP contribution < -0.4 is 5.43 Å². The molecule has 2 N–H and O–H groups in total. The van der Waals surface area contributed by atoms with Crippen molar-refractivity contribution in [3.8, 4) is 5.75 Å². The normalized spacial score (nSPS) is 10.9. The quantitative estimate of drug-likeness (QED) is 0.651. The minimum atomic E-state index is -0.668. The van der Waals surface area contributed by atoms with Gasteiger partial charge in [-0.2, -0.15) is 5.10 Å². The molecule has 0 saturated heterocycles. The van der Waals surface area contributed by atoms with Gasteiger partial charge in [-0.3, -0.25) is 5.43 Å². The first-order valence-electron chi connectivity index (χ1n) is 4.85. The highest BCUT2D eigenvalue weighted by Crippen LogP contribution is 2.16. The van der Waals surface area contributed by atoms with Gasteiger partial charge in [-0.25, -0.2) is 9.37 Å². The Morgan fingerprint density at radius 3 is 3.00 bits per heavy atom. The number of benzene rings is 1. The van der Waals surface area contributed by atoms with E-state index in [1.165, 1.54) is 29.7 Å². The van der Waals surface area contributed by atoms with E-state index in [0.29, 0.717) is 10.7 Å². The molecule has 2 rings (SSSR count). The van der Waals surface area contributed by atoms with Crippen LogP contribution >= 0.6 is 11.3 Å². The lowest BCUT2D eigenvalue weighted by atomic mass is 10.2. The van der Waals surface area contributed by atoms with Gasteiger partial charge in [-0.1, -0.05) is 0 Å². The molecule has 1 aromatic carbocycles. The van der Waals surface area contributed by atoms with Crippen LogP contribution in [0.4, 0.5) is 9.52 Å². The molecule has 0 bridgehead atoms. The number of halogens is 1. The highest BCUT2D eigenvalue weighted by atomic mass is 32.1. The zero-order chi connectivity index (χ0) is 12.3. The van der Waals surface area contributed by atoms with Crippen molar-refractivity contribution in [3.05, 3.63) is 40.7 Å². The Hall–Kier alpha value is -1.95. The fraction of sp³-hybridized carbons (Fsp3) is 0.0909. The molecule has 0 saturated carbocycles. The van der Waals surface area contributed by atoms with Gasteiger partial charge in [0.2, 0.25) is 5.13 Å². The van der Waals surface area contributed by atoms with Gasteiger partial charge in [0.15, 0.2) is 11.6 Å². The van der Waals surface area contributed by atoms with Crippen molar-refractivity contribution in [2.45, 2.75) is 6.92 Å². The zero-order valence-corrected chi connectivity index (χ0v) is 9.83. The Labute approximate surface area is 101 Å². The predicted molar refractivity (Wildman–Crippen MR) is 66.1 cm³/mol. The topological polar surface area (TPSA) is 57.5 Å². The summed E-state index contributed by atoms with van der Waals surface area (Å²) in [5.41, 5.74) is 4.22. The fourth-order valence-electron chi connectivity index (χ4n) is 1.17. The van der Waals surface area contributed by atoms with Gasteiger partial charge < -0.3 is 5.11 Å². The summed E-state index contributed by atoms with van der Waals surface area (Å²) < 4.78 is 13.0. The minimum absolute atomic E-state index is 0.370. The number of rotatable bonds is 3. The third-order valence-electron chi connectivity index (χ3n) is 1.96. The third-order valence-corrected chi connectivity index (χ3v) is 2.83. The number of hydrazone groups is 1. The van der Waals surface area contributed by atoms with E-state index in [-0.39, 0.29) is 5.75 Å². The maximum absolute atomic E-state index is 13.0. The third kappa shape index (κ3) is 3.01. The van der Waals surface area contributed by atoms with Crippen molar-refractivity contribution in [2.75, 3.05) is 5.43 Å². The summed E-state index contributed by atoms with van der Waals surface area (Å²) in [4.78, 5) is 4.15. The largest absolute Gasteiger partial charge is 0.505 e. The van der Waals surface area contributed by atoms with E-state index in [2.05, 4.69) is 15.5 Å². The van der Waals surface area contributed by atoms with E-state index in [4.69, 9.17) is 5.11 Å². The Morgan fingerprint density at radius 1 is 1.53 bits per heavy atom. The van der Waals surface area contributed by atoms with Crippen LogP contribution in [0.25, 0.3) is 0 Å². The van der Waals surface area contributed by atoms with Crippen LogP contribution in [0, 0.1) is 12.7 Å². The Bertz CT molecular complexity index is 553. The highest BCUT2D eigenvalue weighted by Gasteiger charge is 1.99. The zero-order valence-electron chi connectivity index (χ0n) is 9.01. The monoisotopic (exact) mass is 251 g/mol. The number of aryl methyl sites for hydroxylation is 1. The summed E-state index contributed by atoms with van der Waals surface area (Å²) >= 11 is 1.44. The summed E-state index contributed by atoms with van der Waals surface area (Å²) in [6.45, 7) is 1.89. The smallest absolute Gasteiger partial charge is 0.203 e. The molecule has 0 amide bonds. The minimum Gasteiger partial charge on any atom is -0.505 e. The SMILES string of the molecule is Cc1csc(NN=Cc2ccc(O)c(F)c2)n1. The molecule has 0 fully saturated rings. The second-order valence-corrected chi connectivity index (χ2v) is 4.23. The van der Waals surface area contributed by atoms with E-state index in [0.717, 1.165) is 5.69 Å². The molecule has 0 radical (unpaired) electrons. The predicted octanol–water partition coefficient (Wildman–Crippen LogP) is 2.74. The van der Waals surface area contributed by atoms with Crippen LogP contribution in [0.5, 0.6) is 5.75 Å². The maximum atomic E-state index is 13.0. The summed E-state index contributed by atoms with van der Waals surface area (Å²) in [5.74, 6) is -1.04. The number of phenolic OH excluding ortho intramolecular Hbond substituents is 1. The lowest BCUT2D eigenvalue weighted by Gasteiger charge is -1.96. The number of aromatic hydroxyl groups is 1. The number of thiazole rings is 1. The molecular formula is C11H10FN3OS. The van der Waals surface area contributed by atoms with Crippen molar-refractivity contribution in [3.63, 3.8) is 0 Å². The average Bonchev–Trinajstić information content (AvgIpc) is 2.70. The summed E-state index contributed by atoms with van der Waals surface area (Å²) in [5, 5.41) is 15.5. The number of nitrogens with zero attached hydrogens (tertiary/aromatic N) is 2. The summed E-state index contributed by atoms with van der Waals surface area (Å²) in [6.07, 6.45) is 1.46. The van der Waals surface area contributed by atoms with Crippen molar-refractivity contribution in [1.82, 2.24) is 4.98 Å². The molecule has 4 nitrogen and oxygen atoms in total. The molecule has 1 aromatic heterocycles. The molecule has 88 valence electrons. The van der Waals surface area contributed by atoms with E-state index in [1.807, 2.05) is 12.3 Å². The molecule has 17 heavy (non-hydrogen) atoms. The van der Waals surface area contributed by atoms with Gasteiger partial charge in [0.25, 0.3) is 0 Å². The van der Waals surface area contributed by atoms with Gasteiger partial charge in [0, 0.05) is 5.38 Å². The van der Waals surface area contributed by atoms with Crippen molar-refractivity contribution in [2.24, 2.45) is 5.10 Å². The molecule has 2 aromatic rings. The second-order valence-electron chi connectivity index (χ2n) is 3.37. The first-order chi connectivity index (χ1) is 8.15. The average molecular weight is 251 g/mol. The summed E-state index contributed by atoms with van der Waals surface area (Å²) in [6, 6.07) is 4.05. The number of anilines is 1. The van der Waals surface area contributed by atoms with Crippen LogP contribution in [-0.2, 0) is 0 Å². The Morgan fingerprint density at radius 2 is 2.35 bits per heavy atom. The highest BCUT2D eigenvalue weighted by molar-refractivity contribution is 7.13. The van der Waals surface area contributed by atoms with Crippen LogP contribution in [0.3, 0.4) is 0 Å². The van der Waals surface area contributed by atoms with E-state index in [1.54, 1.807) is 6.07 Å². The van der Waals surface area contributed by atoms with Gasteiger partial charge in [0.05, 0.1) is 11.9 Å². The molecule has 0 aliphatic rings. The van der Waals surface area contributed by atoms with Crippen LogP contribution in [0.2, 0.25) is 0 Å². The molecule has 6 heteroatoms. The molecule has 0 aliphatic heterocycles. The van der Waals surface area contributed by atoms with Crippen molar-refractivity contribution < 1.29 is 9.50 Å². The molecular weight excluding hydrogens is 241 g/mol. The number of phenols is 1. The second kappa shape index (κ2) is 4.92. The fourth-order valence-corrected chi connectivity index (χ4v) is 1.81. The Balaban J connectivity index is 2.03. The lowest BCUT2D eigenvalue weighted by Crippen LogP contribution is -1.90. The first-order valence-corrected chi connectivity index (χ1v) is 5.73.